The van der Waals surface area contributed by atoms with Gasteiger partial charge in [0.25, 0.3) is 0 Å². The van der Waals surface area contributed by atoms with E-state index in [0.717, 1.165) is 22.7 Å². The number of hydrogen-bond donors (Lipinski definition) is 0. The van der Waals surface area contributed by atoms with Crippen LogP contribution in [-0.4, -0.2) is 7.05 Å². The molecule has 0 unspecified atom stereocenters. The lowest BCUT2D eigenvalue weighted by molar-refractivity contribution is 1.20. The Labute approximate surface area is 196 Å². The first-order chi connectivity index (χ1) is 16.3. The zero-order valence-corrected chi connectivity index (χ0v) is 18.7. The van der Waals surface area contributed by atoms with Crippen LogP contribution in [0.5, 0.6) is 0 Å². The van der Waals surface area contributed by atoms with Crippen LogP contribution < -0.4 is 9.80 Å². The molecule has 0 aliphatic heterocycles. The molecule has 0 heterocycles. The first-order valence-electron chi connectivity index (χ1n) is 11.2. The molecule has 0 N–H and O–H groups in total. The molecule has 0 saturated carbocycles. The molecule has 5 aromatic carbocycles. The van der Waals surface area contributed by atoms with E-state index < -0.39 is 0 Å². The number of para-hydroxylation sites is 3. The maximum atomic E-state index is 2.28. The van der Waals surface area contributed by atoms with Crippen molar-refractivity contribution in [2.24, 2.45) is 0 Å². The van der Waals surface area contributed by atoms with Crippen LogP contribution in [0.3, 0.4) is 0 Å². The predicted molar refractivity (Wildman–Crippen MR) is 141 cm³/mol. The summed E-state index contributed by atoms with van der Waals surface area (Å²) in [7, 11) is 2.13. The first-order valence-corrected chi connectivity index (χ1v) is 11.2. The molecule has 0 atom stereocenters. The summed E-state index contributed by atoms with van der Waals surface area (Å²) in [5.74, 6) is 0. The van der Waals surface area contributed by atoms with Gasteiger partial charge in [-0.2, -0.15) is 0 Å². The topological polar surface area (TPSA) is 6.48 Å². The number of hydrogen-bond acceptors (Lipinski definition) is 2. The molecule has 0 fully saturated rings. The Hall–Kier alpha value is -4.30. The molecule has 0 aliphatic carbocycles. The summed E-state index contributed by atoms with van der Waals surface area (Å²) in [6.45, 7) is 0. The molecular formula is C31H26N2. The Morgan fingerprint density at radius 2 is 0.818 bits per heavy atom. The van der Waals surface area contributed by atoms with Gasteiger partial charge in [0.15, 0.2) is 0 Å². The van der Waals surface area contributed by atoms with Gasteiger partial charge in [-0.05, 0) is 60.2 Å². The summed E-state index contributed by atoms with van der Waals surface area (Å²) in [6, 6.07) is 48.8. The molecule has 0 radical (unpaired) electrons. The third-order valence-corrected chi connectivity index (χ3v) is 5.87. The largest absolute Gasteiger partial charge is 0.344 e. The molecule has 33 heavy (non-hydrogen) atoms. The zero-order valence-electron chi connectivity index (χ0n) is 18.7. The van der Waals surface area contributed by atoms with E-state index >= 15 is 0 Å². The molecule has 5 aromatic rings. The summed E-state index contributed by atoms with van der Waals surface area (Å²) >= 11 is 0. The van der Waals surface area contributed by atoms with Crippen LogP contribution in [0.4, 0.5) is 28.4 Å². The van der Waals surface area contributed by atoms with Crippen molar-refractivity contribution in [1.82, 2.24) is 0 Å². The molecule has 0 aliphatic rings. The maximum absolute atomic E-state index is 2.28. The SMILES string of the molecule is CN(c1ccc(N(c2ccccc2)c2ccccc2)cc1)c1ccccc1-c1ccccc1. The highest BCUT2D eigenvalue weighted by Gasteiger charge is 2.14. The number of nitrogens with zero attached hydrogens (tertiary/aromatic N) is 2. The van der Waals surface area contributed by atoms with Crippen molar-refractivity contribution in [3.63, 3.8) is 0 Å². The van der Waals surface area contributed by atoms with E-state index in [1.807, 2.05) is 0 Å². The Kier molecular flexibility index (Phi) is 5.90. The van der Waals surface area contributed by atoms with Crippen LogP contribution in [0.1, 0.15) is 0 Å². The number of anilines is 5. The van der Waals surface area contributed by atoms with Crippen LogP contribution in [0.2, 0.25) is 0 Å². The van der Waals surface area contributed by atoms with Crippen molar-refractivity contribution in [3.05, 3.63) is 140 Å². The van der Waals surface area contributed by atoms with Gasteiger partial charge in [-0.15, -0.1) is 0 Å². The highest BCUT2D eigenvalue weighted by Crippen LogP contribution is 2.37. The van der Waals surface area contributed by atoms with Crippen molar-refractivity contribution >= 4 is 28.4 Å². The predicted octanol–water partition coefficient (Wildman–Crippen LogP) is 8.59. The molecule has 0 aromatic heterocycles. The average Bonchev–Trinajstić information content (AvgIpc) is 2.91. The van der Waals surface area contributed by atoms with Crippen molar-refractivity contribution in [2.45, 2.75) is 0 Å². The highest BCUT2D eigenvalue weighted by atomic mass is 15.1. The van der Waals surface area contributed by atoms with Gasteiger partial charge in [-0.25, -0.2) is 0 Å². The van der Waals surface area contributed by atoms with Crippen molar-refractivity contribution in [1.29, 1.82) is 0 Å². The van der Waals surface area contributed by atoms with Gasteiger partial charge in [0.05, 0.1) is 0 Å². The highest BCUT2D eigenvalue weighted by molar-refractivity contribution is 5.83. The number of benzene rings is 5. The van der Waals surface area contributed by atoms with Gasteiger partial charge >= 0.3 is 0 Å². The Bertz CT molecular complexity index is 1260. The molecule has 0 bridgehead atoms. The van der Waals surface area contributed by atoms with Gasteiger partial charge in [0.2, 0.25) is 0 Å². The second-order valence-corrected chi connectivity index (χ2v) is 7.97. The second-order valence-electron chi connectivity index (χ2n) is 7.97. The van der Waals surface area contributed by atoms with Gasteiger partial charge < -0.3 is 9.80 Å². The zero-order chi connectivity index (χ0) is 22.5. The van der Waals surface area contributed by atoms with Crippen molar-refractivity contribution < 1.29 is 0 Å². The van der Waals surface area contributed by atoms with Crippen LogP contribution in [0, 0.1) is 0 Å². The minimum atomic E-state index is 1.13. The summed E-state index contributed by atoms with van der Waals surface area (Å²) in [5.41, 5.74) is 8.16. The standard InChI is InChI=1S/C31H26N2/c1-32(31-20-12-11-19-30(31)25-13-5-2-6-14-25)26-21-23-29(24-22-26)33(27-15-7-3-8-16-27)28-17-9-4-10-18-28/h2-24H,1H3. The van der Waals surface area contributed by atoms with Crippen LogP contribution >= 0.6 is 0 Å². The second kappa shape index (κ2) is 9.46. The van der Waals surface area contributed by atoms with E-state index in [9.17, 15) is 0 Å². The van der Waals surface area contributed by atoms with Gasteiger partial charge in [0, 0.05) is 41.0 Å². The van der Waals surface area contributed by atoms with E-state index in [-0.39, 0.29) is 0 Å². The van der Waals surface area contributed by atoms with Gasteiger partial charge in [-0.3, -0.25) is 0 Å². The summed E-state index contributed by atoms with van der Waals surface area (Å²) in [5, 5.41) is 0. The fourth-order valence-electron chi connectivity index (χ4n) is 4.19. The first kappa shape index (κ1) is 20.6. The molecule has 0 spiro atoms. The lowest BCUT2D eigenvalue weighted by Gasteiger charge is -2.27. The molecule has 2 nitrogen and oxygen atoms in total. The average molecular weight is 427 g/mol. The van der Waals surface area contributed by atoms with E-state index in [1.165, 1.54) is 16.8 Å². The van der Waals surface area contributed by atoms with Gasteiger partial charge in [0.1, 0.15) is 0 Å². The minimum absolute atomic E-state index is 1.13. The Morgan fingerprint density at radius 3 is 1.39 bits per heavy atom. The smallest absolute Gasteiger partial charge is 0.0487 e. The third-order valence-electron chi connectivity index (χ3n) is 5.87. The molecule has 0 saturated heterocycles. The van der Waals surface area contributed by atoms with Gasteiger partial charge in [-0.1, -0.05) is 84.9 Å². The summed E-state index contributed by atoms with van der Waals surface area (Å²) in [4.78, 5) is 4.53. The van der Waals surface area contributed by atoms with Crippen LogP contribution in [0.25, 0.3) is 11.1 Å². The summed E-state index contributed by atoms with van der Waals surface area (Å²) in [6.07, 6.45) is 0. The molecule has 0 amide bonds. The number of rotatable bonds is 6. The molecular weight excluding hydrogens is 400 g/mol. The fourth-order valence-corrected chi connectivity index (χ4v) is 4.19. The lowest BCUT2D eigenvalue weighted by atomic mass is 10.0. The molecule has 160 valence electrons. The monoisotopic (exact) mass is 426 g/mol. The fraction of sp³-hybridized carbons (Fsp3) is 0.0323. The van der Waals surface area contributed by atoms with E-state index in [0.29, 0.717) is 0 Å². The molecule has 5 rings (SSSR count). The summed E-state index contributed by atoms with van der Waals surface area (Å²) < 4.78 is 0. The normalized spacial score (nSPS) is 10.6. The lowest BCUT2D eigenvalue weighted by Crippen LogP contribution is -2.12. The van der Waals surface area contributed by atoms with Crippen LogP contribution in [-0.2, 0) is 0 Å². The van der Waals surface area contributed by atoms with Crippen molar-refractivity contribution in [3.8, 4) is 11.1 Å². The molecule has 2 heteroatoms. The van der Waals surface area contributed by atoms with E-state index in [2.05, 4.69) is 156 Å². The van der Waals surface area contributed by atoms with E-state index in [4.69, 9.17) is 0 Å². The van der Waals surface area contributed by atoms with Crippen molar-refractivity contribution in [2.75, 3.05) is 16.8 Å². The maximum Gasteiger partial charge on any atom is 0.0487 e. The quantitative estimate of drug-likeness (QED) is 0.268. The third kappa shape index (κ3) is 4.37. The van der Waals surface area contributed by atoms with Crippen LogP contribution in [0.15, 0.2) is 140 Å². The Morgan fingerprint density at radius 1 is 0.394 bits per heavy atom. The Balaban J connectivity index is 1.50. The van der Waals surface area contributed by atoms with E-state index in [1.54, 1.807) is 0 Å². The minimum Gasteiger partial charge on any atom is -0.344 e.